The van der Waals surface area contributed by atoms with Gasteiger partial charge in [-0.2, -0.15) is 0 Å². The molecule has 0 aromatic heterocycles. The minimum Gasteiger partial charge on any atom is 0 e. The summed E-state index contributed by atoms with van der Waals surface area (Å²) in [4.78, 5) is 0. The van der Waals surface area contributed by atoms with E-state index in [9.17, 15) is 0 Å². The van der Waals surface area contributed by atoms with E-state index < -0.39 is 0 Å². The first-order chi connectivity index (χ1) is 0. The molecule has 3 radical (unpaired) electrons. The van der Waals surface area contributed by atoms with Gasteiger partial charge in [-0.15, -0.1) is 0 Å². The van der Waals surface area contributed by atoms with Crippen LogP contribution in [0.1, 0.15) is 0 Å². The van der Waals surface area contributed by atoms with Gasteiger partial charge in [0.1, 0.15) is 0 Å². The van der Waals surface area contributed by atoms with Crippen molar-refractivity contribution in [2.24, 2.45) is 0 Å². The molecule has 0 amide bonds. The summed E-state index contributed by atoms with van der Waals surface area (Å²) in [6.07, 6.45) is 0. The Labute approximate surface area is 121 Å². The van der Waals surface area contributed by atoms with Gasteiger partial charge in [0.2, 0.25) is 0 Å². The third-order valence-corrected chi connectivity index (χ3v) is 0. The summed E-state index contributed by atoms with van der Waals surface area (Å²) in [7, 11) is 0. The number of hydrogen-bond donors (Lipinski definition) is 0. The van der Waals surface area contributed by atoms with Gasteiger partial charge in [0.05, 0.1) is 0 Å². The molecule has 0 rings (SSSR count). The Hall–Kier alpha value is 4.06. The van der Waals surface area contributed by atoms with E-state index in [-0.39, 0.29) is 124 Å². The molecule has 0 bridgehead atoms. The van der Waals surface area contributed by atoms with Crippen molar-refractivity contribution in [2.75, 3.05) is 0 Å². The fourth-order valence-corrected chi connectivity index (χ4v) is 0. The summed E-state index contributed by atoms with van der Waals surface area (Å²) in [6, 6.07) is 0. The van der Waals surface area contributed by atoms with Gasteiger partial charge in [0, 0.05) is 77.4 Å². The van der Waals surface area contributed by atoms with Crippen molar-refractivity contribution in [1.82, 2.24) is 0 Å². The van der Waals surface area contributed by atoms with Crippen molar-refractivity contribution in [3.8, 4) is 0 Å². The van der Waals surface area contributed by atoms with Crippen LogP contribution in [0.25, 0.3) is 0 Å². The fraction of sp³-hybridized carbons (Fsp3) is 0. The van der Waals surface area contributed by atoms with E-state index in [0.29, 0.717) is 0 Å². The largest absolute Gasteiger partial charge is 0 e. The monoisotopic (exact) mass is 409 g/mol. The quantitative estimate of drug-likeness (QED) is 0.411. The first-order valence-corrected chi connectivity index (χ1v) is 0. The molecule has 0 aliphatic carbocycles. The Balaban J connectivity index is 0. The van der Waals surface area contributed by atoms with Crippen LogP contribution in [0.15, 0.2) is 0 Å². The molecule has 0 N–H and O–H groups in total. The average molecular weight is 412 g/mol. The summed E-state index contributed by atoms with van der Waals surface area (Å²) in [5.74, 6) is 0. The van der Waals surface area contributed by atoms with Crippen LogP contribution in [0.2, 0.25) is 0 Å². The normalized spacial score (nSPS) is 0. The molecule has 0 aliphatic rings. The van der Waals surface area contributed by atoms with E-state index in [1.165, 1.54) is 0 Å². The molecule has 0 saturated carbocycles. The second-order valence-electron chi connectivity index (χ2n) is 0. The molecule has 23 valence electrons. The maximum Gasteiger partial charge on any atom is 0 e. The molecular weight excluding hydrogens is 408 g/mol. The molecule has 0 unspecified atom stereocenters. The Kier molecular flexibility index (Phi) is 174. The molecular formula is H4MgMnNdSnZn. The zero-order valence-corrected chi connectivity index (χ0v) is 13.7. The molecule has 5 heavy (non-hydrogen) atoms. The van der Waals surface area contributed by atoms with Crippen LogP contribution in [-0.4, -0.2) is 47.0 Å². The van der Waals surface area contributed by atoms with Crippen LogP contribution in [0.5, 0.6) is 0 Å². The summed E-state index contributed by atoms with van der Waals surface area (Å²) in [6.45, 7) is 0. The second kappa shape index (κ2) is 24.4. The molecule has 0 heterocycles. The van der Waals surface area contributed by atoms with Crippen molar-refractivity contribution in [3.05, 3.63) is 0 Å². The fourth-order valence-electron chi connectivity index (χ4n) is 0. The van der Waals surface area contributed by atoms with Crippen LogP contribution >= 0.6 is 0 Å². The van der Waals surface area contributed by atoms with E-state index in [1.54, 1.807) is 0 Å². The smallest absolute Gasteiger partial charge is 0 e. The van der Waals surface area contributed by atoms with Crippen LogP contribution in [0.4, 0.5) is 0 Å². The molecule has 0 fully saturated rings. The van der Waals surface area contributed by atoms with Gasteiger partial charge >= 0.3 is 47.0 Å². The minimum atomic E-state index is 0. The van der Waals surface area contributed by atoms with Crippen LogP contribution in [0, 0.1) is 40.8 Å². The Bertz CT molecular complexity index is 11.6. The summed E-state index contributed by atoms with van der Waals surface area (Å²) in [5, 5.41) is 0. The third-order valence-electron chi connectivity index (χ3n) is 0. The second-order valence-corrected chi connectivity index (χ2v) is 0. The minimum absolute atomic E-state index is 0. The van der Waals surface area contributed by atoms with Gasteiger partial charge < -0.3 is 0 Å². The zero-order chi connectivity index (χ0) is 0. The zero-order valence-electron chi connectivity index (χ0n) is 2.29. The third kappa shape index (κ3) is 18.0. The van der Waals surface area contributed by atoms with E-state index in [4.69, 9.17) is 0 Å². The van der Waals surface area contributed by atoms with Crippen molar-refractivity contribution >= 4 is 47.0 Å². The topological polar surface area (TPSA) is 0 Å². The van der Waals surface area contributed by atoms with Crippen molar-refractivity contribution in [1.29, 1.82) is 0 Å². The Morgan fingerprint density at radius 3 is 1.00 bits per heavy atom. The van der Waals surface area contributed by atoms with Gasteiger partial charge in [-0.3, -0.25) is 0 Å². The predicted octanol–water partition coefficient (Wildman–Crippen LogP) is -1.84. The molecule has 0 nitrogen and oxygen atoms in total. The van der Waals surface area contributed by atoms with Crippen LogP contribution in [0.3, 0.4) is 0 Å². The average Bonchev–Trinajstić information content (AvgIpc) is 0. The SMILES string of the molecule is [MgH2].[Mn].[Nd].[SnH2].[Zn]. The predicted molar refractivity (Wildman–Crippen MR) is 17.1 cm³/mol. The molecule has 0 aromatic rings. The van der Waals surface area contributed by atoms with Crippen molar-refractivity contribution in [2.45, 2.75) is 0 Å². The van der Waals surface area contributed by atoms with E-state index in [0.717, 1.165) is 0 Å². The molecule has 0 spiro atoms. The maximum atomic E-state index is 0. The summed E-state index contributed by atoms with van der Waals surface area (Å²) >= 11 is 0. The first-order valence-electron chi connectivity index (χ1n) is 0. The van der Waals surface area contributed by atoms with Gasteiger partial charge in [-0.05, 0) is 0 Å². The molecule has 0 aliphatic heterocycles. The number of hydrogen-bond acceptors (Lipinski definition) is 0. The van der Waals surface area contributed by atoms with E-state index in [2.05, 4.69) is 0 Å². The van der Waals surface area contributed by atoms with Crippen LogP contribution in [-0.2, 0) is 36.5 Å². The van der Waals surface area contributed by atoms with Crippen molar-refractivity contribution in [3.63, 3.8) is 0 Å². The summed E-state index contributed by atoms with van der Waals surface area (Å²) < 4.78 is 0. The standard InChI is InChI=1S/Mg.Mn.Nd.Sn.Zn.4H. The molecule has 0 aromatic carbocycles. The van der Waals surface area contributed by atoms with Crippen molar-refractivity contribution < 1.29 is 77.4 Å². The van der Waals surface area contributed by atoms with E-state index in [1.807, 2.05) is 0 Å². The maximum absolute atomic E-state index is 0. The van der Waals surface area contributed by atoms with Gasteiger partial charge in [-0.1, -0.05) is 0 Å². The first kappa shape index (κ1) is 35.7. The Morgan fingerprint density at radius 1 is 1.00 bits per heavy atom. The van der Waals surface area contributed by atoms with Gasteiger partial charge in [0.25, 0.3) is 0 Å². The molecule has 5 heteroatoms. The molecule has 0 atom stereocenters. The number of rotatable bonds is 0. The summed E-state index contributed by atoms with van der Waals surface area (Å²) in [5.41, 5.74) is 0. The van der Waals surface area contributed by atoms with Gasteiger partial charge in [0.15, 0.2) is 0 Å². The molecule has 0 saturated heterocycles. The van der Waals surface area contributed by atoms with Crippen LogP contribution < -0.4 is 0 Å². The Morgan fingerprint density at radius 2 is 1.00 bits per heavy atom. The van der Waals surface area contributed by atoms with E-state index >= 15 is 0 Å². The van der Waals surface area contributed by atoms with Gasteiger partial charge in [-0.25, -0.2) is 0 Å².